The maximum absolute atomic E-state index is 12.7. The summed E-state index contributed by atoms with van der Waals surface area (Å²) in [5.41, 5.74) is 1.79. The average Bonchev–Trinajstić information content (AvgIpc) is 2.78. The lowest BCUT2D eigenvalue weighted by Crippen LogP contribution is -2.17. The smallest absolute Gasteiger partial charge is 0.411 e. The highest BCUT2D eigenvalue weighted by molar-refractivity contribution is 7.90. The van der Waals surface area contributed by atoms with E-state index in [1.54, 1.807) is 78.9 Å². The summed E-state index contributed by atoms with van der Waals surface area (Å²) in [6, 6.07) is 21.3. The molecule has 7 nitrogen and oxygen atoms in total. The molecule has 0 aliphatic carbocycles. The Morgan fingerprint density at radius 3 is 2.21 bits per heavy atom. The van der Waals surface area contributed by atoms with E-state index in [1.807, 2.05) is 13.8 Å². The van der Waals surface area contributed by atoms with Gasteiger partial charge in [-0.2, -0.15) is 0 Å². The van der Waals surface area contributed by atoms with Crippen LogP contribution in [0.3, 0.4) is 0 Å². The third kappa shape index (κ3) is 7.18. The van der Waals surface area contributed by atoms with Crippen LogP contribution < -0.4 is 10.6 Å². The van der Waals surface area contributed by atoms with Crippen molar-refractivity contribution >= 4 is 33.2 Å². The fraction of sp³-hybridized carbons (Fsp3) is 0.200. The molecule has 3 rings (SSSR count). The fourth-order valence-electron chi connectivity index (χ4n) is 3.01. The number of anilines is 2. The molecular formula is C25H26N2O5S. The van der Waals surface area contributed by atoms with E-state index in [1.165, 1.54) is 0 Å². The lowest BCUT2D eigenvalue weighted by atomic mass is 10.1. The van der Waals surface area contributed by atoms with Gasteiger partial charge in [-0.3, -0.25) is 10.1 Å². The normalized spacial score (nSPS) is 11.1. The summed E-state index contributed by atoms with van der Waals surface area (Å²) in [5, 5.41) is 5.39. The Hall–Kier alpha value is -3.65. The highest BCUT2D eigenvalue weighted by Gasteiger charge is 2.16. The van der Waals surface area contributed by atoms with E-state index >= 15 is 0 Å². The van der Waals surface area contributed by atoms with Crippen molar-refractivity contribution in [2.45, 2.75) is 24.5 Å². The molecule has 0 spiro atoms. The predicted octanol–water partition coefficient (Wildman–Crippen LogP) is 5.12. The molecular weight excluding hydrogens is 440 g/mol. The number of rotatable bonds is 8. The van der Waals surface area contributed by atoms with Gasteiger partial charge in [-0.1, -0.05) is 50.2 Å². The first-order chi connectivity index (χ1) is 15.7. The van der Waals surface area contributed by atoms with Crippen molar-refractivity contribution in [3.05, 3.63) is 90.0 Å². The van der Waals surface area contributed by atoms with Crippen LogP contribution in [-0.4, -0.2) is 27.0 Å². The molecule has 2 amide bonds. The molecule has 0 fully saturated rings. The second kappa shape index (κ2) is 10.8. The number of nitrogens with one attached hydrogen (secondary N) is 2. The number of benzene rings is 3. The summed E-state index contributed by atoms with van der Waals surface area (Å²) in [4.78, 5) is 24.8. The average molecular weight is 467 g/mol. The van der Waals surface area contributed by atoms with Crippen molar-refractivity contribution in [2.24, 2.45) is 5.92 Å². The van der Waals surface area contributed by atoms with Gasteiger partial charge in [0.05, 0.1) is 17.3 Å². The summed E-state index contributed by atoms with van der Waals surface area (Å²) in [6.45, 7) is 4.18. The van der Waals surface area contributed by atoms with Crippen LogP contribution in [0.4, 0.5) is 16.2 Å². The molecule has 3 aromatic rings. The van der Waals surface area contributed by atoms with E-state index in [4.69, 9.17) is 4.74 Å². The van der Waals surface area contributed by atoms with Gasteiger partial charge >= 0.3 is 6.09 Å². The fourth-order valence-corrected chi connectivity index (χ4v) is 4.36. The van der Waals surface area contributed by atoms with Gasteiger partial charge in [-0.05, 0) is 53.9 Å². The first-order valence-corrected chi connectivity index (χ1v) is 12.1. The first-order valence-electron chi connectivity index (χ1n) is 10.4. The summed E-state index contributed by atoms with van der Waals surface area (Å²) in [5.74, 6) is -0.385. The number of hydrogen-bond acceptors (Lipinski definition) is 5. The van der Waals surface area contributed by atoms with E-state index in [-0.39, 0.29) is 16.6 Å². The predicted molar refractivity (Wildman–Crippen MR) is 128 cm³/mol. The van der Waals surface area contributed by atoms with E-state index in [2.05, 4.69) is 10.6 Å². The Balaban J connectivity index is 1.67. The molecule has 0 saturated carbocycles. The quantitative estimate of drug-likeness (QED) is 0.480. The minimum atomic E-state index is -3.53. The van der Waals surface area contributed by atoms with Gasteiger partial charge in [0.2, 0.25) is 0 Å². The van der Waals surface area contributed by atoms with E-state index < -0.39 is 21.8 Å². The Morgan fingerprint density at radius 2 is 1.52 bits per heavy atom. The molecule has 3 aromatic carbocycles. The molecule has 8 heteroatoms. The SMILES string of the molecule is CC(C)COC(=O)Nc1cccc(NC(=O)c2cccc(CS(=O)(=O)c3ccccc3)c2)c1. The summed E-state index contributed by atoms with van der Waals surface area (Å²) in [6.07, 6.45) is -0.570. The van der Waals surface area contributed by atoms with E-state index in [0.717, 1.165) is 0 Å². The summed E-state index contributed by atoms with van der Waals surface area (Å²) in [7, 11) is -3.53. The number of carbonyl (C=O) groups is 2. The van der Waals surface area contributed by atoms with Gasteiger partial charge in [0.15, 0.2) is 9.84 Å². The number of amides is 2. The van der Waals surface area contributed by atoms with E-state index in [9.17, 15) is 18.0 Å². The van der Waals surface area contributed by atoms with Crippen molar-refractivity contribution < 1.29 is 22.7 Å². The molecule has 172 valence electrons. The summed E-state index contributed by atoms with van der Waals surface area (Å²) < 4.78 is 30.4. The zero-order valence-electron chi connectivity index (χ0n) is 18.4. The third-order valence-corrected chi connectivity index (χ3v) is 6.27. The van der Waals surface area contributed by atoms with E-state index in [0.29, 0.717) is 29.1 Å². The van der Waals surface area contributed by atoms with Crippen LogP contribution in [0.25, 0.3) is 0 Å². The Labute approximate surface area is 193 Å². The molecule has 0 bridgehead atoms. The zero-order chi connectivity index (χ0) is 23.8. The molecule has 0 aliphatic heterocycles. The van der Waals surface area contributed by atoms with Gasteiger partial charge in [0, 0.05) is 16.9 Å². The summed E-state index contributed by atoms with van der Waals surface area (Å²) >= 11 is 0. The molecule has 0 heterocycles. The van der Waals surface area contributed by atoms with Crippen LogP contribution in [0.1, 0.15) is 29.8 Å². The number of hydrogen-bond donors (Lipinski definition) is 2. The van der Waals surface area contributed by atoms with Gasteiger partial charge in [-0.15, -0.1) is 0 Å². The first kappa shape index (κ1) is 24.0. The number of carbonyl (C=O) groups excluding carboxylic acids is 2. The van der Waals surface area contributed by atoms with Crippen molar-refractivity contribution in [1.82, 2.24) is 0 Å². The van der Waals surface area contributed by atoms with Crippen LogP contribution in [0.2, 0.25) is 0 Å². The minimum absolute atomic E-state index is 0.212. The second-order valence-electron chi connectivity index (χ2n) is 7.92. The zero-order valence-corrected chi connectivity index (χ0v) is 19.3. The Bertz CT molecular complexity index is 1220. The van der Waals surface area contributed by atoms with Crippen molar-refractivity contribution in [3.8, 4) is 0 Å². The lowest BCUT2D eigenvalue weighted by molar-refractivity contribution is 0.102. The highest BCUT2D eigenvalue weighted by atomic mass is 32.2. The topological polar surface area (TPSA) is 102 Å². The molecule has 0 radical (unpaired) electrons. The van der Waals surface area contributed by atoms with Gasteiger partial charge in [-0.25, -0.2) is 13.2 Å². The monoisotopic (exact) mass is 466 g/mol. The van der Waals surface area contributed by atoms with Crippen molar-refractivity contribution in [2.75, 3.05) is 17.2 Å². The lowest BCUT2D eigenvalue weighted by Gasteiger charge is -2.11. The molecule has 0 unspecified atom stereocenters. The molecule has 33 heavy (non-hydrogen) atoms. The molecule has 0 atom stereocenters. The third-order valence-electron chi connectivity index (χ3n) is 4.56. The van der Waals surface area contributed by atoms with Crippen molar-refractivity contribution in [1.29, 1.82) is 0 Å². The largest absolute Gasteiger partial charge is 0.449 e. The van der Waals surface area contributed by atoms with Gasteiger partial charge < -0.3 is 10.1 Å². The van der Waals surface area contributed by atoms with Gasteiger partial charge in [0.25, 0.3) is 5.91 Å². The van der Waals surface area contributed by atoms with Gasteiger partial charge in [0.1, 0.15) is 0 Å². The molecule has 0 aromatic heterocycles. The minimum Gasteiger partial charge on any atom is -0.449 e. The second-order valence-corrected chi connectivity index (χ2v) is 9.91. The standard InChI is InChI=1S/C25H26N2O5S/c1-18(2)16-32-25(29)27-22-11-7-10-21(15-22)26-24(28)20-9-6-8-19(14-20)17-33(30,31)23-12-4-3-5-13-23/h3-15,18H,16-17H2,1-2H3,(H,26,28)(H,27,29). The van der Waals surface area contributed by atoms with Crippen LogP contribution in [0.15, 0.2) is 83.8 Å². The molecule has 2 N–H and O–H groups in total. The molecule has 0 saturated heterocycles. The maximum Gasteiger partial charge on any atom is 0.411 e. The highest BCUT2D eigenvalue weighted by Crippen LogP contribution is 2.19. The number of sulfone groups is 1. The van der Waals surface area contributed by atoms with Crippen molar-refractivity contribution in [3.63, 3.8) is 0 Å². The Morgan fingerprint density at radius 1 is 0.848 bits per heavy atom. The number of ether oxygens (including phenoxy) is 1. The van der Waals surface area contributed by atoms with Crippen LogP contribution in [-0.2, 0) is 20.3 Å². The van der Waals surface area contributed by atoms with Crippen LogP contribution in [0, 0.1) is 5.92 Å². The Kier molecular flexibility index (Phi) is 7.84. The molecule has 0 aliphatic rings. The van der Waals surface area contributed by atoms with Crippen LogP contribution in [0.5, 0.6) is 0 Å². The van der Waals surface area contributed by atoms with Crippen LogP contribution >= 0.6 is 0 Å². The maximum atomic E-state index is 12.7.